The third kappa shape index (κ3) is 3.12. The summed E-state index contributed by atoms with van der Waals surface area (Å²) in [5, 5.41) is 13.9. The number of hydrogen-bond donors (Lipinski definition) is 3. The summed E-state index contributed by atoms with van der Waals surface area (Å²) in [6.07, 6.45) is 0. The molecule has 2 aromatic carbocycles. The van der Waals surface area contributed by atoms with E-state index in [1.165, 1.54) is 22.6 Å². The molecule has 0 atom stereocenters. The Labute approximate surface area is 163 Å². The molecule has 3 heterocycles. The van der Waals surface area contributed by atoms with Gasteiger partial charge in [-0.05, 0) is 30.3 Å². The number of H-pyrrole nitrogens is 1. The first kappa shape index (κ1) is 17.1. The zero-order valence-electron chi connectivity index (χ0n) is 15.2. The Kier molecular flexibility index (Phi) is 4.05. The van der Waals surface area contributed by atoms with Crippen LogP contribution in [0.15, 0.2) is 59.4 Å². The lowest BCUT2D eigenvalue weighted by Gasteiger charge is -2.10. The van der Waals surface area contributed by atoms with E-state index < -0.39 is 11.5 Å². The fraction of sp³-hybridized carbons (Fsp3) is 0.100. The molecule has 0 radical (unpaired) electrons. The summed E-state index contributed by atoms with van der Waals surface area (Å²) >= 11 is 0. The quantitative estimate of drug-likeness (QED) is 0.400. The minimum Gasteiger partial charge on any atom is -0.368 e. The van der Waals surface area contributed by atoms with Crippen LogP contribution in [0, 0.1) is 5.82 Å². The van der Waals surface area contributed by atoms with Crippen LogP contribution >= 0.6 is 0 Å². The van der Waals surface area contributed by atoms with Gasteiger partial charge in [-0.1, -0.05) is 18.2 Å². The number of para-hydroxylation sites is 1. The number of rotatable bonds is 5. The third-order valence-electron chi connectivity index (χ3n) is 4.62. The molecule has 9 heteroatoms. The van der Waals surface area contributed by atoms with Crippen molar-refractivity contribution in [1.82, 2.24) is 24.6 Å². The molecule has 5 rings (SSSR count). The molecule has 0 aliphatic carbocycles. The first-order valence-electron chi connectivity index (χ1n) is 9.09. The number of halogens is 1. The maximum absolute atomic E-state index is 13.6. The summed E-state index contributed by atoms with van der Waals surface area (Å²) in [6, 6.07) is 16.0. The monoisotopic (exact) mass is 389 g/mol. The van der Waals surface area contributed by atoms with Crippen LogP contribution in [0.1, 0.15) is 0 Å². The Morgan fingerprint density at radius 2 is 1.83 bits per heavy atom. The molecule has 0 fully saturated rings. The van der Waals surface area contributed by atoms with E-state index >= 15 is 0 Å². The Balaban J connectivity index is 1.36. The average molecular weight is 389 g/mol. The van der Waals surface area contributed by atoms with Crippen molar-refractivity contribution in [3.8, 4) is 0 Å². The highest BCUT2D eigenvalue weighted by Crippen LogP contribution is 2.19. The minimum atomic E-state index is -0.445. The SMILES string of the molecule is O=c1[nH]nc2c(NCCNc3ccc4ccccc4n3)nc3ccc(F)cc3n12. The molecule has 0 bridgehead atoms. The van der Waals surface area contributed by atoms with Gasteiger partial charge in [0.2, 0.25) is 5.65 Å². The lowest BCUT2D eigenvalue weighted by Crippen LogP contribution is -2.17. The second-order valence-corrected chi connectivity index (χ2v) is 6.52. The molecular formula is C20H16FN7O. The van der Waals surface area contributed by atoms with Crippen LogP contribution in [0.4, 0.5) is 16.0 Å². The number of nitrogens with zero attached hydrogens (tertiary/aromatic N) is 4. The van der Waals surface area contributed by atoms with Gasteiger partial charge in [0.25, 0.3) is 0 Å². The summed E-state index contributed by atoms with van der Waals surface area (Å²) in [4.78, 5) is 21.2. The van der Waals surface area contributed by atoms with E-state index in [-0.39, 0.29) is 0 Å². The largest absolute Gasteiger partial charge is 0.368 e. The van der Waals surface area contributed by atoms with Crippen LogP contribution in [0.3, 0.4) is 0 Å². The third-order valence-corrected chi connectivity index (χ3v) is 4.62. The van der Waals surface area contributed by atoms with Crippen LogP contribution in [0.2, 0.25) is 0 Å². The summed E-state index contributed by atoms with van der Waals surface area (Å²) in [7, 11) is 0. The van der Waals surface area contributed by atoms with E-state index in [0.29, 0.717) is 35.6 Å². The highest BCUT2D eigenvalue weighted by Gasteiger charge is 2.13. The summed E-state index contributed by atoms with van der Waals surface area (Å²) in [5.41, 5.74) is 1.65. The molecule has 0 saturated carbocycles. The fourth-order valence-corrected chi connectivity index (χ4v) is 3.27. The Morgan fingerprint density at radius 3 is 2.76 bits per heavy atom. The van der Waals surface area contributed by atoms with Crippen LogP contribution < -0.4 is 16.3 Å². The summed E-state index contributed by atoms with van der Waals surface area (Å²) in [6.45, 7) is 1.10. The van der Waals surface area contributed by atoms with Crippen molar-refractivity contribution in [2.45, 2.75) is 0 Å². The normalized spacial score (nSPS) is 11.3. The van der Waals surface area contributed by atoms with Crippen LogP contribution in [0.5, 0.6) is 0 Å². The molecule has 0 spiro atoms. The highest BCUT2D eigenvalue weighted by molar-refractivity contribution is 5.82. The lowest BCUT2D eigenvalue weighted by molar-refractivity contribution is 0.629. The van der Waals surface area contributed by atoms with Gasteiger partial charge in [-0.25, -0.2) is 28.7 Å². The number of nitrogens with one attached hydrogen (secondary N) is 3. The Hall–Kier alpha value is -4.01. The highest BCUT2D eigenvalue weighted by atomic mass is 19.1. The van der Waals surface area contributed by atoms with E-state index in [1.807, 2.05) is 36.4 Å². The molecular weight excluding hydrogens is 373 g/mol. The molecule has 0 saturated heterocycles. The van der Waals surface area contributed by atoms with Crippen molar-refractivity contribution in [1.29, 1.82) is 0 Å². The number of fused-ring (bicyclic) bond motifs is 4. The molecule has 29 heavy (non-hydrogen) atoms. The van der Waals surface area contributed by atoms with E-state index in [9.17, 15) is 9.18 Å². The molecule has 8 nitrogen and oxygen atoms in total. The van der Waals surface area contributed by atoms with Crippen LogP contribution in [-0.4, -0.2) is 37.7 Å². The van der Waals surface area contributed by atoms with Crippen molar-refractivity contribution >= 4 is 39.2 Å². The standard InChI is InChI=1S/C20H16FN7O/c21-13-6-7-15-16(11-13)28-19(26-27-20(28)29)18(25-15)23-10-9-22-17-8-5-12-3-1-2-4-14(12)24-17/h1-8,11H,9-10H2,(H,22,24)(H,23,25)(H,27,29). The molecule has 0 aliphatic heterocycles. The van der Waals surface area contributed by atoms with Gasteiger partial charge in [-0.2, -0.15) is 0 Å². The van der Waals surface area contributed by atoms with Gasteiger partial charge in [0.1, 0.15) is 11.6 Å². The fourth-order valence-electron chi connectivity index (χ4n) is 3.27. The van der Waals surface area contributed by atoms with Gasteiger partial charge in [0.05, 0.1) is 16.6 Å². The summed E-state index contributed by atoms with van der Waals surface area (Å²) < 4.78 is 14.9. The van der Waals surface area contributed by atoms with Gasteiger partial charge in [-0.3, -0.25) is 0 Å². The van der Waals surface area contributed by atoms with E-state index in [4.69, 9.17) is 0 Å². The first-order chi connectivity index (χ1) is 14.2. The Bertz CT molecular complexity index is 1410. The van der Waals surface area contributed by atoms with Gasteiger partial charge in [0, 0.05) is 24.5 Å². The van der Waals surface area contributed by atoms with E-state index in [0.717, 1.165) is 16.7 Å². The predicted molar refractivity (Wildman–Crippen MR) is 110 cm³/mol. The minimum absolute atomic E-state index is 0.317. The summed E-state index contributed by atoms with van der Waals surface area (Å²) in [5.74, 6) is 0.769. The number of pyridine rings is 1. The zero-order chi connectivity index (χ0) is 19.8. The van der Waals surface area contributed by atoms with Gasteiger partial charge in [-0.15, -0.1) is 5.10 Å². The number of aromatic amines is 1. The van der Waals surface area contributed by atoms with Gasteiger partial charge in [0.15, 0.2) is 5.82 Å². The van der Waals surface area contributed by atoms with Gasteiger partial charge < -0.3 is 10.6 Å². The first-order valence-corrected chi connectivity index (χ1v) is 9.09. The number of anilines is 2. The van der Waals surface area contributed by atoms with Crippen LogP contribution in [0.25, 0.3) is 27.6 Å². The number of hydrogen-bond acceptors (Lipinski definition) is 6. The maximum Gasteiger partial charge on any atom is 0.348 e. The van der Waals surface area contributed by atoms with Crippen molar-refractivity contribution in [3.63, 3.8) is 0 Å². The number of aromatic nitrogens is 5. The molecule has 0 unspecified atom stereocenters. The molecule has 3 aromatic heterocycles. The van der Waals surface area contributed by atoms with Gasteiger partial charge >= 0.3 is 5.69 Å². The zero-order valence-corrected chi connectivity index (χ0v) is 15.2. The van der Waals surface area contributed by atoms with Crippen LogP contribution in [-0.2, 0) is 0 Å². The molecule has 0 aliphatic rings. The molecule has 5 aromatic rings. The van der Waals surface area contributed by atoms with Crippen molar-refractivity contribution in [2.24, 2.45) is 0 Å². The van der Waals surface area contributed by atoms with E-state index in [2.05, 4.69) is 30.8 Å². The van der Waals surface area contributed by atoms with Crippen molar-refractivity contribution in [2.75, 3.05) is 23.7 Å². The molecule has 144 valence electrons. The van der Waals surface area contributed by atoms with Crippen molar-refractivity contribution in [3.05, 3.63) is 70.9 Å². The average Bonchev–Trinajstić information content (AvgIpc) is 3.13. The number of benzene rings is 2. The van der Waals surface area contributed by atoms with E-state index in [1.54, 1.807) is 0 Å². The molecule has 0 amide bonds. The molecule has 3 N–H and O–H groups in total. The maximum atomic E-state index is 13.6. The van der Waals surface area contributed by atoms with Crippen molar-refractivity contribution < 1.29 is 4.39 Å². The lowest BCUT2D eigenvalue weighted by atomic mass is 10.2. The second kappa shape index (κ2) is 6.86. The Morgan fingerprint density at radius 1 is 0.966 bits per heavy atom. The predicted octanol–water partition coefficient (Wildman–Crippen LogP) is 2.78. The topological polar surface area (TPSA) is 100 Å². The second-order valence-electron chi connectivity index (χ2n) is 6.52. The smallest absolute Gasteiger partial charge is 0.348 e.